The Morgan fingerprint density at radius 3 is 2.24 bits per heavy atom. The first kappa shape index (κ1) is 57.9. The fourth-order valence-corrected chi connectivity index (χ4v) is 11.2. The summed E-state index contributed by atoms with van der Waals surface area (Å²) in [4.78, 5) is 66.9. The largest absolute Gasteiger partial charge is 0.391 e. The number of rotatable bonds is 25. The summed E-state index contributed by atoms with van der Waals surface area (Å²) in [5.41, 5.74) is 8.41. The van der Waals surface area contributed by atoms with Crippen LogP contribution in [0.4, 0.5) is 0 Å². The van der Waals surface area contributed by atoms with Crippen LogP contribution >= 0.6 is 34.3 Å². The number of aryl methyl sites for hydroxylation is 3. The maximum atomic E-state index is 14.0. The van der Waals surface area contributed by atoms with Crippen LogP contribution < -0.4 is 16.0 Å². The number of thiazole rings is 1. The van der Waals surface area contributed by atoms with Crippen LogP contribution in [0.25, 0.3) is 15.4 Å². The first-order valence-corrected chi connectivity index (χ1v) is 27.9. The number of nitrogens with one attached hydrogen (secondary N) is 3. The molecule has 4 N–H and O–H groups in total. The summed E-state index contributed by atoms with van der Waals surface area (Å²) in [7, 11) is 0. The highest BCUT2D eigenvalue weighted by molar-refractivity contribution is 7.15. The van der Waals surface area contributed by atoms with E-state index in [1.807, 2.05) is 93.2 Å². The Morgan fingerprint density at radius 1 is 0.859 bits per heavy atom. The summed E-state index contributed by atoms with van der Waals surface area (Å²) in [5.74, 6) is -0.191. The van der Waals surface area contributed by atoms with E-state index >= 15 is 0 Å². The van der Waals surface area contributed by atoms with Crippen LogP contribution in [0.2, 0.25) is 5.02 Å². The van der Waals surface area contributed by atoms with Gasteiger partial charge in [0.25, 0.3) is 0 Å². The van der Waals surface area contributed by atoms with Crippen molar-refractivity contribution in [2.45, 2.75) is 105 Å². The van der Waals surface area contributed by atoms with Crippen LogP contribution in [0.5, 0.6) is 0 Å². The number of hydrogen-bond donors (Lipinski definition) is 4. The molecule has 6 aromatic rings. The Balaban J connectivity index is 0.678. The minimum Gasteiger partial charge on any atom is -0.391 e. The van der Waals surface area contributed by atoms with Gasteiger partial charge in [-0.2, -0.15) is 0 Å². The molecule has 416 valence electrons. The van der Waals surface area contributed by atoms with Crippen LogP contribution in [0.15, 0.2) is 65.2 Å². The van der Waals surface area contributed by atoms with Crippen molar-refractivity contribution in [3.63, 3.8) is 0 Å². The molecule has 2 aliphatic rings. The zero-order chi connectivity index (χ0) is 55.5. The highest BCUT2D eigenvalue weighted by Crippen LogP contribution is 2.40. The molecule has 4 amide bonds. The van der Waals surface area contributed by atoms with Gasteiger partial charge in [-0.3, -0.25) is 33.4 Å². The van der Waals surface area contributed by atoms with Gasteiger partial charge in [-0.25, -0.2) is 4.98 Å². The Bertz CT molecular complexity index is 3060. The second-order valence-electron chi connectivity index (χ2n) is 20.2. The smallest absolute Gasteiger partial charge is 0.246 e. The van der Waals surface area contributed by atoms with Crippen molar-refractivity contribution < 1.29 is 43.2 Å². The van der Waals surface area contributed by atoms with E-state index in [0.29, 0.717) is 56.1 Å². The number of likely N-dealkylation sites (tertiary alicyclic amines) is 1. The number of nitrogens with zero attached hydrogens (tertiary/aromatic N) is 9. The standard InChI is InChI=1S/C54H67ClN12O9S2/c1-32-34(3)78-53-46(32)47(37-12-14-39(55)15-13-37)59-42(50-63-61-35(4)67(50)53)25-44(69)56-16-17-65-27-40(62-64-65)29-75-22-20-73-18-19-74-21-23-76-30-45(70)60-49(54(5,6)7)52(72)66-28-41(68)24-43(66)51(71)57-26-36-8-10-38(11-9-36)48-33(2)58-31-77-48/h8-15,27,31,41-43,49,68H,16-26,28-30H2,1-7H3,(H,56,69)(H,57,71)(H,60,70). The molecule has 4 atom stereocenters. The number of thiophene rings is 1. The number of amides is 4. The third kappa shape index (κ3) is 14.7. The highest BCUT2D eigenvalue weighted by atomic mass is 35.5. The third-order valence-corrected chi connectivity index (χ3v) is 15.7. The zero-order valence-corrected chi connectivity index (χ0v) is 47.3. The Kier molecular flexibility index (Phi) is 19.7. The van der Waals surface area contributed by atoms with Crippen LogP contribution in [-0.4, -0.2) is 152 Å². The van der Waals surface area contributed by atoms with Crippen molar-refractivity contribution in [1.82, 2.24) is 55.6 Å². The maximum absolute atomic E-state index is 14.0. The van der Waals surface area contributed by atoms with E-state index in [4.69, 9.17) is 35.5 Å². The van der Waals surface area contributed by atoms with Gasteiger partial charge in [0.05, 0.1) is 93.3 Å². The van der Waals surface area contributed by atoms with E-state index in [1.54, 1.807) is 33.6 Å². The lowest BCUT2D eigenvalue weighted by atomic mass is 9.85. The first-order valence-electron chi connectivity index (χ1n) is 25.8. The molecule has 2 aromatic carbocycles. The summed E-state index contributed by atoms with van der Waals surface area (Å²) in [6.45, 7) is 16.0. The SMILES string of the molecule is Cc1ncsc1-c1ccc(CNC(=O)C2CC(O)CN2C(=O)C(NC(=O)COCCOCCOCCOCc2cn(CCNC(=O)CC3N=C(c4ccc(Cl)cc4)c4c(sc(C)c4C)-n4c(C)nnc43)nn2)C(C)(C)C)cc1. The quantitative estimate of drug-likeness (QED) is 0.0524. The van der Waals surface area contributed by atoms with Gasteiger partial charge in [0.15, 0.2) is 5.82 Å². The normalized spacial score (nSPS) is 16.6. The van der Waals surface area contributed by atoms with Crippen molar-refractivity contribution in [3.8, 4) is 15.4 Å². The number of fused-ring (bicyclic) bond motifs is 3. The number of hydrogen-bond acceptors (Lipinski definition) is 17. The van der Waals surface area contributed by atoms with E-state index in [1.165, 1.54) is 9.78 Å². The molecule has 0 bridgehead atoms. The van der Waals surface area contributed by atoms with E-state index in [2.05, 4.69) is 55.3 Å². The van der Waals surface area contributed by atoms with E-state index in [-0.39, 0.29) is 64.2 Å². The zero-order valence-electron chi connectivity index (χ0n) is 44.9. The molecule has 21 nitrogen and oxygen atoms in total. The number of carbonyl (C=O) groups is 4. The Labute approximate surface area is 466 Å². The number of benzene rings is 2. The number of aliphatic hydroxyl groups excluding tert-OH is 1. The van der Waals surface area contributed by atoms with Gasteiger partial charge in [0.1, 0.15) is 41.3 Å². The molecule has 0 saturated carbocycles. The number of ether oxygens (including phenoxy) is 4. The molecule has 1 saturated heterocycles. The number of aliphatic hydroxyl groups is 1. The fourth-order valence-electron chi connectivity index (χ4n) is 9.09. The number of aliphatic imine (C=N–C) groups is 1. The molecule has 6 heterocycles. The predicted molar refractivity (Wildman–Crippen MR) is 295 cm³/mol. The van der Waals surface area contributed by atoms with Gasteiger partial charge < -0.3 is 44.9 Å². The van der Waals surface area contributed by atoms with Crippen molar-refractivity contribution >= 4 is 63.6 Å². The molecule has 0 radical (unpaired) electrons. The van der Waals surface area contributed by atoms with Crippen molar-refractivity contribution in [3.05, 3.63) is 115 Å². The number of halogens is 1. The lowest BCUT2D eigenvalue weighted by Crippen LogP contribution is -2.58. The summed E-state index contributed by atoms with van der Waals surface area (Å²) >= 11 is 9.47. The van der Waals surface area contributed by atoms with Crippen LogP contribution in [0.3, 0.4) is 0 Å². The molecule has 8 rings (SSSR count). The molecule has 0 spiro atoms. The van der Waals surface area contributed by atoms with Gasteiger partial charge in [-0.05, 0) is 61.9 Å². The van der Waals surface area contributed by atoms with Gasteiger partial charge in [0.2, 0.25) is 23.6 Å². The Hall–Kier alpha value is -6.31. The molecule has 78 heavy (non-hydrogen) atoms. The summed E-state index contributed by atoms with van der Waals surface area (Å²) < 4.78 is 26.1. The van der Waals surface area contributed by atoms with Crippen molar-refractivity contribution in [1.29, 1.82) is 0 Å². The van der Waals surface area contributed by atoms with E-state index in [0.717, 1.165) is 54.9 Å². The molecule has 4 aromatic heterocycles. The van der Waals surface area contributed by atoms with E-state index < -0.39 is 41.5 Å². The number of carbonyl (C=O) groups excluding carboxylic acids is 4. The average molecular weight is 1130 g/mol. The average Bonchev–Trinajstić information content (AvgIpc) is 4.30. The predicted octanol–water partition coefficient (Wildman–Crippen LogP) is 5.40. The van der Waals surface area contributed by atoms with Gasteiger partial charge in [0, 0.05) is 47.1 Å². The molecular weight excluding hydrogens is 1060 g/mol. The van der Waals surface area contributed by atoms with Gasteiger partial charge in [-0.1, -0.05) is 74.0 Å². The second-order valence-corrected chi connectivity index (χ2v) is 22.7. The molecule has 4 unspecified atom stereocenters. The van der Waals surface area contributed by atoms with E-state index in [9.17, 15) is 24.3 Å². The summed E-state index contributed by atoms with van der Waals surface area (Å²) in [5, 5.41) is 38.1. The van der Waals surface area contributed by atoms with Crippen LogP contribution in [0.1, 0.15) is 89.8 Å². The van der Waals surface area contributed by atoms with Crippen molar-refractivity contribution in [2.75, 3.05) is 59.3 Å². The topological polar surface area (TPSA) is 251 Å². The van der Waals surface area contributed by atoms with Gasteiger partial charge in [-0.15, -0.1) is 38.0 Å². The molecule has 0 aliphatic carbocycles. The lowest BCUT2D eigenvalue weighted by Gasteiger charge is -2.35. The third-order valence-electron chi connectivity index (χ3n) is 13.3. The first-order chi connectivity index (χ1) is 37.4. The molecule has 24 heteroatoms. The minimum absolute atomic E-state index is 0.0268. The molecule has 2 aliphatic heterocycles. The fraction of sp³-hybridized carbons (Fsp3) is 0.481. The summed E-state index contributed by atoms with van der Waals surface area (Å²) in [6.07, 6.45) is 1.04. The molecule has 1 fully saturated rings. The second kappa shape index (κ2) is 26.6. The lowest BCUT2D eigenvalue weighted by molar-refractivity contribution is -0.144. The van der Waals surface area contributed by atoms with Crippen LogP contribution in [-0.2, 0) is 57.8 Å². The number of β-amino-alcohol motifs (C(OH)–C–C–N with tert-alkyl or cyclic N) is 1. The summed E-state index contributed by atoms with van der Waals surface area (Å²) in [6, 6.07) is 13.0. The maximum Gasteiger partial charge on any atom is 0.246 e. The van der Waals surface area contributed by atoms with Gasteiger partial charge >= 0.3 is 0 Å². The van der Waals surface area contributed by atoms with Crippen molar-refractivity contribution in [2.24, 2.45) is 10.4 Å². The van der Waals surface area contributed by atoms with Crippen LogP contribution in [0, 0.1) is 33.1 Å². The Morgan fingerprint density at radius 2 is 1.55 bits per heavy atom. The molecular formula is C54H67ClN12O9S2. The highest BCUT2D eigenvalue weighted by Gasteiger charge is 2.44. The number of aromatic nitrogens is 7. The minimum atomic E-state index is -0.980. The monoisotopic (exact) mass is 1130 g/mol.